The van der Waals surface area contributed by atoms with Crippen molar-refractivity contribution < 1.29 is 0 Å². The molecule has 182 valence electrons. The third-order valence-electron chi connectivity index (χ3n) is 8.03. The Kier molecular flexibility index (Phi) is 4.21. The molecule has 0 amide bonds. The molecule has 0 radical (unpaired) electrons. The van der Waals surface area contributed by atoms with E-state index in [1.54, 1.807) is 11.3 Å². The molecule has 9 aromatic rings. The number of fused-ring (bicyclic) bond motifs is 11. The minimum Gasteiger partial charge on any atom is -0.309 e. The molecule has 0 aliphatic carbocycles. The van der Waals surface area contributed by atoms with Gasteiger partial charge < -0.3 is 9.13 Å². The second kappa shape index (κ2) is 7.79. The molecular formula is C35H21N3S. The number of hydrogen-bond acceptors (Lipinski definition) is 2. The van der Waals surface area contributed by atoms with Gasteiger partial charge in [0.05, 0.1) is 43.5 Å². The van der Waals surface area contributed by atoms with Crippen LogP contribution in [0.5, 0.6) is 0 Å². The van der Waals surface area contributed by atoms with Gasteiger partial charge in [-0.3, -0.25) is 0 Å². The lowest BCUT2D eigenvalue weighted by Gasteiger charge is -2.13. The van der Waals surface area contributed by atoms with Gasteiger partial charge in [-0.2, -0.15) is 0 Å². The number of nitrogens with zero attached hydrogens (tertiary/aromatic N) is 3. The van der Waals surface area contributed by atoms with Crippen LogP contribution in [-0.2, 0) is 0 Å². The van der Waals surface area contributed by atoms with Crippen molar-refractivity contribution in [1.29, 1.82) is 0 Å². The first-order valence-corrected chi connectivity index (χ1v) is 14.0. The van der Waals surface area contributed by atoms with E-state index in [-0.39, 0.29) is 0 Å². The maximum absolute atomic E-state index is 4.64. The van der Waals surface area contributed by atoms with E-state index in [0.717, 1.165) is 5.52 Å². The lowest BCUT2D eigenvalue weighted by molar-refractivity contribution is 1.19. The average Bonchev–Trinajstić information content (AvgIpc) is 3.70. The first-order valence-electron chi connectivity index (χ1n) is 13.2. The molecule has 4 heteroatoms. The second-order valence-electron chi connectivity index (χ2n) is 10.0. The Bertz CT molecular complexity index is 2390. The van der Waals surface area contributed by atoms with Crippen molar-refractivity contribution >= 4 is 75.9 Å². The van der Waals surface area contributed by atoms with Gasteiger partial charge in [-0.05, 0) is 36.4 Å². The van der Waals surface area contributed by atoms with Crippen LogP contribution in [0.25, 0.3) is 76.0 Å². The fourth-order valence-electron chi connectivity index (χ4n) is 6.53. The number of rotatable bonds is 2. The number of benzene rings is 6. The lowest BCUT2D eigenvalue weighted by atomic mass is 9.99. The monoisotopic (exact) mass is 515 g/mol. The summed E-state index contributed by atoms with van der Waals surface area (Å²) in [4.78, 5) is 4.64. The third-order valence-corrected chi connectivity index (χ3v) is 8.89. The predicted octanol–water partition coefficient (Wildman–Crippen LogP) is 9.64. The molecule has 3 heterocycles. The molecule has 3 aromatic heterocycles. The highest BCUT2D eigenvalue weighted by molar-refractivity contribution is 7.17. The van der Waals surface area contributed by atoms with Crippen molar-refractivity contribution in [1.82, 2.24) is 14.1 Å². The van der Waals surface area contributed by atoms with E-state index in [9.17, 15) is 0 Å². The zero-order valence-electron chi connectivity index (χ0n) is 20.9. The van der Waals surface area contributed by atoms with Gasteiger partial charge in [0.25, 0.3) is 0 Å². The van der Waals surface area contributed by atoms with Crippen LogP contribution in [0.1, 0.15) is 0 Å². The largest absolute Gasteiger partial charge is 0.309 e. The summed E-state index contributed by atoms with van der Waals surface area (Å²) < 4.78 is 6.13. The van der Waals surface area contributed by atoms with Gasteiger partial charge in [-0.25, -0.2) is 4.98 Å². The normalized spacial score (nSPS) is 12.1. The van der Waals surface area contributed by atoms with Crippen LogP contribution < -0.4 is 0 Å². The van der Waals surface area contributed by atoms with Gasteiger partial charge in [-0.1, -0.05) is 84.9 Å². The zero-order chi connectivity index (χ0) is 25.5. The Hall–Kier alpha value is -4.93. The molecule has 9 rings (SSSR count). The van der Waals surface area contributed by atoms with Crippen molar-refractivity contribution in [2.24, 2.45) is 0 Å². The van der Waals surface area contributed by atoms with Gasteiger partial charge in [-0.15, -0.1) is 11.3 Å². The van der Waals surface area contributed by atoms with E-state index in [0.29, 0.717) is 0 Å². The Balaban J connectivity index is 1.64. The topological polar surface area (TPSA) is 22.8 Å². The van der Waals surface area contributed by atoms with E-state index in [2.05, 4.69) is 135 Å². The van der Waals surface area contributed by atoms with Crippen LogP contribution in [0.15, 0.2) is 127 Å². The molecule has 0 aliphatic rings. The molecule has 0 N–H and O–H groups in total. The molecule has 3 nitrogen and oxygen atoms in total. The average molecular weight is 516 g/mol. The van der Waals surface area contributed by atoms with Crippen LogP contribution in [0.3, 0.4) is 0 Å². The van der Waals surface area contributed by atoms with Gasteiger partial charge in [0.2, 0.25) is 0 Å². The van der Waals surface area contributed by atoms with Crippen molar-refractivity contribution in [3.05, 3.63) is 127 Å². The summed E-state index contributed by atoms with van der Waals surface area (Å²) in [6, 6.07) is 43.8. The Labute approximate surface area is 227 Å². The SMILES string of the molecule is c1ccc(-n2c3ccccc3c3c4c5ccccc5n(-c5cccc6ncsc56)c4c4ccccc4c32)cc1. The minimum absolute atomic E-state index is 1.04. The molecular weight excluding hydrogens is 494 g/mol. The highest BCUT2D eigenvalue weighted by Crippen LogP contribution is 2.47. The Morgan fingerprint density at radius 2 is 1.05 bits per heavy atom. The predicted molar refractivity (Wildman–Crippen MR) is 166 cm³/mol. The van der Waals surface area contributed by atoms with E-state index in [1.807, 2.05) is 5.51 Å². The van der Waals surface area contributed by atoms with Gasteiger partial charge in [0.1, 0.15) is 0 Å². The van der Waals surface area contributed by atoms with Crippen LogP contribution in [0.4, 0.5) is 0 Å². The molecule has 6 aromatic carbocycles. The molecule has 0 fully saturated rings. The number of thiazole rings is 1. The first-order chi connectivity index (χ1) is 19.4. The summed E-state index contributed by atoms with van der Waals surface area (Å²) in [5.41, 5.74) is 10.3. The third kappa shape index (κ3) is 2.73. The lowest BCUT2D eigenvalue weighted by Crippen LogP contribution is -1.96. The van der Waals surface area contributed by atoms with Crippen molar-refractivity contribution in [2.75, 3.05) is 0 Å². The molecule has 0 aliphatic heterocycles. The summed E-state index contributed by atoms with van der Waals surface area (Å²) in [7, 11) is 0. The quantitative estimate of drug-likeness (QED) is 0.225. The summed E-state index contributed by atoms with van der Waals surface area (Å²) in [5, 5.41) is 7.63. The fraction of sp³-hybridized carbons (Fsp3) is 0. The van der Waals surface area contributed by atoms with Gasteiger partial charge >= 0.3 is 0 Å². The fourth-order valence-corrected chi connectivity index (χ4v) is 7.33. The Morgan fingerprint density at radius 3 is 1.74 bits per heavy atom. The number of para-hydroxylation sites is 3. The smallest absolute Gasteiger partial charge is 0.0833 e. The summed E-state index contributed by atoms with van der Waals surface area (Å²) >= 11 is 1.71. The van der Waals surface area contributed by atoms with Crippen LogP contribution >= 0.6 is 11.3 Å². The highest BCUT2D eigenvalue weighted by atomic mass is 32.1. The molecule has 0 atom stereocenters. The van der Waals surface area contributed by atoms with Crippen LogP contribution in [0.2, 0.25) is 0 Å². The summed E-state index contributed by atoms with van der Waals surface area (Å²) in [5.74, 6) is 0. The first kappa shape index (κ1) is 21.1. The van der Waals surface area contributed by atoms with Crippen molar-refractivity contribution in [2.45, 2.75) is 0 Å². The second-order valence-corrected chi connectivity index (χ2v) is 10.9. The van der Waals surface area contributed by atoms with E-state index in [4.69, 9.17) is 0 Å². The Morgan fingerprint density at radius 1 is 0.487 bits per heavy atom. The molecule has 0 spiro atoms. The number of hydrogen-bond donors (Lipinski definition) is 0. The van der Waals surface area contributed by atoms with E-state index >= 15 is 0 Å². The molecule has 0 bridgehead atoms. The molecule has 39 heavy (non-hydrogen) atoms. The van der Waals surface area contributed by atoms with Crippen LogP contribution in [-0.4, -0.2) is 14.1 Å². The zero-order valence-corrected chi connectivity index (χ0v) is 21.7. The van der Waals surface area contributed by atoms with Crippen molar-refractivity contribution in [3.8, 4) is 11.4 Å². The minimum atomic E-state index is 1.04. The maximum Gasteiger partial charge on any atom is 0.0833 e. The van der Waals surface area contributed by atoms with E-state index in [1.165, 1.54) is 70.5 Å². The summed E-state index contributed by atoms with van der Waals surface area (Å²) in [6.45, 7) is 0. The maximum atomic E-state index is 4.64. The van der Waals surface area contributed by atoms with Crippen molar-refractivity contribution in [3.63, 3.8) is 0 Å². The standard InChI is InChI=1S/C35H21N3S/c1-2-11-22(12-3-1)37-28-18-8-6-15-25(28)31-32-26-16-7-9-19-29(26)38(30-20-10-17-27-35(30)39-21-36-27)34(32)24-14-5-4-13-23(24)33(31)37/h1-21H. The number of aromatic nitrogens is 3. The van der Waals surface area contributed by atoms with Crippen LogP contribution in [0, 0.1) is 0 Å². The van der Waals surface area contributed by atoms with Gasteiger partial charge in [0, 0.05) is 38.0 Å². The summed E-state index contributed by atoms with van der Waals surface area (Å²) in [6.07, 6.45) is 0. The van der Waals surface area contributed by atoms with Gasteiger partial charge in [0.15, 0.2) is 0 Å². The van der Waals surface area contributed by atoms with E-state index < -0.39 is 0 Å². The molecule has 0 saturated heterocycles. The highest BCUT2D eigenvalue weighted by Gasteiger charge is 2.24. The molecule has 0 saturated carbocycles. The molecule has 0 unspecified atom stereocenters.